The number of para-hydroxylation sites is 2. The van der Waals surface area contributed by atoms with Crippen LogP contribution in [0.1, 0.15) is 39.2 Å². The van der Waals surface area contributed by atoms with Gasteiger partial charge in [0.05, 0.1) is 12.7 Å². The highest BCUT2D eigenvalue weighted by molar-refractivity contribution is 6.04. The molecule has 2 aliphatic rings. The van der Waals surface area contributed by atoms with Gasteiger partial charge in [0.25, 0.3) is 0 Å². The molecule has 0 atom stereocenters. The number of amides is 1. The number of rotatable bonds is 2. The van der Waals surface area contributed by atoms with Gasteiger partial charge >= 0.3 is 0 Å². The van der Waals surface area contributed by atoms with Crippen LogP contribution in [0.4, 0.5) is 5.69 Å². The van der Waals surface area contributed by atoms with Crippen LogP contribution < -0.4 is 9.47 Å². The lowest BCUT2D eigenvalue weighted by Crippen LogP contribution is -2.38. The number of carbonyl (C=O) groups excluding carboxylic acids is 1. The molecular weight excluding hydrogens is 390 g/mol. The van der Waals surface area contributed by atoms with Crippen LogP contribution in [0.25, 0.3) is 0 Å². The molecular formula is C25H31N3O3. The number of hydrogen-bond acceptors (Lipinski definition) is 5. The third kappa shape index (κ3) is 4.84. The highest BCUT2D eigenvalue weighted by atomic mass is 16.5. The molecule has 2 heterocycles. The summed E-state index contributed by atoms with van der Waals surface area (Å²) in [5.41, 5.74) is 1.70. The maximum absolute atomic E-state index is 12.8. The summed E-state index contributed by atoms with van der Waals surface area (Å²) in [6, 6.07) is 13.6. The number of hydrogen-bond donors (Lipinski definition) is 0. The monoisotopic (exact) mass is 421 g/mol. The molecule has 1 amide bonds. The van der Waals surface area contributed by atoms with Crippen LogP contribution in [-0.4, -0.2) is 54.8 Å². The predicted molar refractivity (Wildman–Crippen MR) is 123 cm³/mol. The molecule has 6 nitrogen and oxygen atoms in total. The average molecular weight is 422 g/mol. The first kappa shape index (κ1) is 21.2. The number of nitrogens with zero attached hydrogens (tertiary/aromatic N) is 3. The second-order valence-corrected chi connectivity index (χ2v) is 9.33. The number of amidine groups is 1. The Hall–Kier alpha value is -3.02. The number of ether oxygens (including phenoxy) is 2. The molecule has 0 saturated carbocycles. The van der Waals surface area contributed by atoms with Crippen molar-refractivity contribution in [3.8, 4) is 17.2 Å². The molecule has 2 aromatic carbocycles. The third-order valence-corrected chi connectivity index (χ3v) is 5.57. The van der Waals surface area contributed by atoms with Crippen molar-refractivity contribution < 1.29 is 14.3 Å². The van der Waals surface area contributed by atoms with Gasteiger partial charge in [-0.1, -0.05) is 32.9 Å². The fourth-order valence-electron chi connectivity index (χ4n) is 4.01. The molecule has 0 aliphatic carbocycles. The van der Waals surface area contributed by atoms with Gasteiger partial charge in [-0.15, -0.1) is 0 Å². The summed E-state index contributed by atoms with van der Waals surface area (Å²) >= 11 is 0. The standard InChI is InChI=1S/C25H31N3O3/c1-25(2,3)17-23(29)27-12-7-13-28(15-14-27)24-19-16-18(30-4)10-11-21(19)31-22-9-6-5-8-20(22)26-24/h5-6,8-11,16H,7,12-15,17H2,1-4H3. The first-order valence-corrected chi connectivity index (χ1v) is 10.9. The summed E-state index contributed by atoms with van der Waals surface area (Å²) in [6.07, 6.45) is 1.46. The van der Waals surface area contributed by atoms with E-state index in [1.165, 1.54) is 0 Å². The normalized spacial score (nSPS) is 16.3. The molecule has 0 radical (unpaired) electrons. The summed E-state index contributed by atoms with van der Waals surface area (Å²) in [6.45, 7) is 9.35. The predicted octanol–water partition coefficient (Wildman–Crippen LogP) is 4.85. The highest BCUT2D eigenvalue weighted by Crippen LogP contribution is 2.39. The Labute approximate surface area is 184 Å². The minimum Gasteiger partial charge on any atom is -0.497 e. The highest BCUT2D eigenvalue weighted by Gasteiger charge is 2.27. The molecule has 6 heteroatoms. The lowest BCUT2D eigenvalue weighted by Gasteiger charge is -2.27. The van der Waals surface area contributed by atoms with Crippen LogP contribution in [0.5, 0.6) is 17.2 Å². The third-order valence-electron chi connectivity index (χ3n) is 5.57. The Morgan fingerprint density at radius 3 is 2.65 bits per heavy atom. The lowest BCUT2D eigenvalue weighted by molar-refractivity contribution is -0.132. The minimum atomic E-state index is -0.00894. The van der Waals surface area contributed by atoms with Gasteiger partial charge < -0.3 is 19.3 Å². The van der Waals surface area contributed by atoms with Gasteiger partial charge in [0.15, 0.2) is 5.75 Å². The summed E-state index contributed by atoms with van der Waals surface area (Å²) < 4.78 is 11.7. The minimum absolute atomic E-state index is 0.00894. The quantitative estimate of drug-likeness (QED) is 0.696. The van der Waals surface area contributed by atoms with Crippen molar-refractivity contribution in [2.75, 3.05) is 33.3 Å². The van der Waals surface area contributed by atoms with E-state index in [0.717, 1.165) is 60.4 Å². The van der Waals surface area contributed by atoms with Gasteiger partial charge in [0.1, 0.15) is 23.0 Å². The molecule has 0 bridgehead atoms. The molecule has 0 unspecified atom stereocenters. The Morgan fingerprint density at radius 2 is 1.87 bits per heavy atom. The molecule has 0 spiro atoms. The zero-order valence-electron chi connectivity index (χ0n) is 18.9. The Kier molecular flexibility index (Phi) is 5.90. The van der Waals surface area contributed by atoms with Crippen molar-refractivity contribution in [3.05, 3.63) is 48.0 Å². The maximum Gasteiger partial charge on any atom is 0.223 e. The fraction of sp³-hybridized carbons (Fsp3) is 0.440. The molecule has 1 saturated heterocycles. The largest absolute Gasteiger partial charge is 0.497 e. The number of aliphatic imine (C=N–C) groups is 1. The lowest BCUT2D eigenvalue weighted by atomic mass is 9.91. The zero-order valence-corrected chi connectivity index (χ0v) is 18.9. The first-order chi connectivity index (χ1) is 14.8. The Balaban J connectivity index is 1.65. The van der Waals surface area contributed by atoms with E-state index in [9.17, 15) is 4.79 Å². The van der Waals surface area contributed by atoms with E-state index in [1.807, 2.05) is 47.4 Å². The molecule has 31 heavy (non-hydrogen) atoms. The fourth-order valence-corrected chi connectivity index (χ4v) is 4.01. The van der Waals surface area contributed by atoms with Gasteiger partial charge in [0.2, 0.25) is 5.91 Å². The molecule has 0 aromatic heterocycles. The van der Waals surface area contributed by atoms with Crippen molar-refractivity contribution in [2.45, 2.75) is 33.6 Å². The summed E-state index contributed by atoms with van der Waals surface area (Å²) in [5, 5.41) is 0. The van der Waals surface area contributed by atoms with Crippen molar-refractivity contribution >= 4 is 17.4 Å². The molecule has 164 valence electrons. The summed E-state index contributed by atoms with van der Waals surface area (Å²) in [5.74, 6) is 3.35. The molecule has 2 aliphatic heterocycles. The SMILES string of the molecule is COc1ccc2c(c1)C(N1CCCN(C(=O)CC(C)(C)C)CC1)=Nc1ccccc1O2. The Morgan fingerprint density at radius 1 is 1.06 bits per heavy atom. The second kappa shape index (κ2) is 8.61. The van der Waals surface area contributed by atoms with E-state index < -0.39 is 0 Å². The van der Waals surface area contributed by atoms with E-state index in [2.05, 4.69) is 25.7 Å². The van der Waals surface area contributed by atoms with Crippen LogP contribution in [-0.2, 0) is 4.79 Å². The van der Waals surface area contributed by atoms with Crippen molar-refractivity contribution in [2.24, 2.45) is 10.4 Å². The second-order valence-electron chi connectivity index (χ2n) is 9.33. The first-order valence-electron chi connectivity index (χ1n) is 10.9. The number of methoxy groups -OCH3 is 1. The smallest absolute Gasteiger partial charge is 0.223 e. The van der Waals surface area contributed by atoms with Crippen molar-refractivity contribution in [3.63, 3.8) is 0 Å². The number of carbonyl (C=O) groups is 1. The van der Waals surface area contributed by atoms with Crippen molar-refractivity contribution in [1.29, 1.82) is 0 Å². The van der Waals surface area contributed by atoms with Gasteiger partial charge in [-0.3, -0.25) is 4.79 Å². The van der Waals surface area contributed by atoms with Crippen LogP contribution in [0, 0.1) is 5.41 Å². The van der Waals surface area contributed by atoms with Gasteiger partial charge in [-0.25, -0.2) is 4.99 Å². The van der Waals surface area contributed by atoms with Crippen LogP contribution >= 0.6 is 0 Å². The molecule has 4 rings (SSSR count). The maximum atomic E-state index is 12.8. The number of benzene rings is 2. The van der Waals surface area contributed by atoms with Crippen LogP contribution in [0.2, 0.25) is 0 Å². The van der Waals surface area contributed by atoms with Crippen LogP contribution in [0.15, 0.2) is 47.5 Å². The van der Waals surface area contributed by atoms with E-state index >= 15 is 0 Å². The van der Waals surface area contributed by atoms with E-state index in [4.69, 9.17) is 14.5 Å². The van der Waals surface area contributed by atoms with E-state index in [-0.39, 0.29) is 11.3 Å². The van der Waals surface area contributed by atoms with Gasteiger partial charge in [-0.05, 0) is 42.2 Å². The topological polar surface area (TPSA) is 54.4 Å². The molecule has 0 N–H and O–H groups in total. The van der Waals surface area contributed by atoms with Crippen LogP contribution in [0.3, 0.4) is 0 Å². The van der Waals surface area contributed by atoms with Gasteiger partial charge in [-0.2, -0.15) is 0 Å². The zero-order chi connectivity index (χ0) is 22.0. The molecule has 1 fully saturated rings. The van der Waals surface area contributed by atoms with E-state index in [0.29, 0.717) is 13.0 Å². The van der Waals surface area contributed by atoms with Crippen molar-refractivity contribution in [1.82, 2.24) is 9.80 Å². The van der Waals surface area contributed by atoms with E-state index in [1.54, 1.807) is 7.11 Å². The average Bonchev–Trinajstić information content (AvgIpc) is 3.06. The Bertz CT molecular complexity index is 994. The number of fused-ring (bicyclic) bond motifs is 2. The summed E-state index contributed by atoms with van der Waals surface area (Å²) in [7, 11) is 1.66. The van der Waals surface area contributed by atoms with Gasteiger partial charge in [0, 0.05) is 32.6 Å². The summed E-state index contributed by atoms with van der Waals surface area (Å²) in [4.78, 5) is 22.1. The molecule has 2 aromatic rings.